The van der Waals surface area contributed by atoms with Crippen molar-refractivity contribution in [1.29, 1.82) is 0 Å². The Hall–Kier alpha value is -2.61. The molecule has 0 aromatic heterocycles. The van der Waals surface area contributed by atoms with Crippen LogP contribution in [0.25, 0.3) is 0 Å². The minimum atomic E-state index is -0.849. The SMILES string of the molecule is CC1Oc2ccccc2N(CC(=O)N2CCCC(N(C)CC(=O)O)CC2)C1=O. The van der Waals surface area contributed by atoms with E-state index in [4.69, 9.17) is 9.84 Å². The second-order valence-corrected chi connectivity index (χ2v) is 7.43. The van der Waals surface area contributed by atoms with Crippen LogP contribution >= 0.6 is 0 Å². The number of hydrogen-bond donors (Lipinski definition) is 1. The summed E-state index contributed by atoms with van der Waals surface area (Å²) in [6.07, 6.45) is 1.76. The molecule has 3 rings (SSSR count). The highest BCUT2D eigenvalue weighted by molar-refractivity contribution is 6.03. The molecule has 0 radical (unpaired) electrons. The molecule has 8 nitrogen and oxygen atoms in total. The number of likely N-dealkylation sites (N-methyl/N-ethyl adjacent to an activating group) is 1. The van der Waals surface area contributed by atoms with Gasteiger partial charge in [-0.05, 0) is 45.4 Å². The molecular weight excluding hydrogens is 362 g/mol. The van der Waals surface area contributed by atoms with Crippen LogP contribution in [-0.2, 0) is 14.4 Å². The zero-order chi connectivity index (χ0) is 20.3. The van der Waals surface area contributed by atoms with Crippen molar-refractivity contribution in [1.82, 2.24) is 9.80 Å². The Balaban J connectivity index is 1.65. The molecule has 28 heavy (non-hydrogen) atoms. The number of para-hydroxylation sites is 2. The average Bonchev–Trinajstić information content (AvgIpc) is 2.91. The molecule has 2 unspecified atom stereocenters. The molecule has 0 spiro atoms. The second kappa shape index (κ2) is 8.60. The summed E-state index contributed by atoms with van der Waals surface area (Å²) in [5.74, 6) is -0.563. The molecule has 8 heteroatoms. The summed E-state index contributed by atoms with van der Waals surface area (Å²) >= 11 is 0. The van der Waals surface area contributed by atoms with Gasteiger partial charge in [-0.3, -0.25) is 24.2 Å². The van der Waals surface area contributed by atoms with Gasteiger partial charge in [-0.15, -0.1) is 0 Å². The third kappa shape index (κ3) is 4.44. The van der Waals surface area contributed by atoms with Gasteiger partial charge in [0.2, 0.25) is 5.91 Å². The van der Waals surface area contributed by atoms with Crippen molar-refractivity contribution in [3.63, 3.8) is 0 Å². The Morgan fingerprint density at radius 3 is 2.75 bits per heavy atom. The molecule has 1 N–H and O–H groups in total. The maximum atomic E-state index is 12.9. The summed E-state index contributed by atoms with van der Waals surface area (Å²) in [4.78, 5) is 41.6. The first-order chi connectivity index (χ1) is 13.4. The van der Waals surface area contributed by atoms with Crippen LogP contribution in [0.2, 0.25) is 0 Å². The summed E-state index contributed by atoms with van der Waals surface area (Å²) < 4.78 is 5.62. The number of likely N-dealkylation sites (tertiary alicyclic amines) is 1. The molecule has 0 bridgehead atoms. The van der Waals surface area contributed by atoms with Crippen LogP contribution in [-0.4, -0.2) is 78.1 Å². The first-order valence-corrected chi connectivity index (χ1v) is 9.63. The number of ether oxygens (including phenoxy) is 1. The third-order valence-corrected chi connectivity index (χ3v) is 5.43. The van der Waals surface area contributed by atoms with Crippen LogP contribution < -0.4 is 9.64 Å². The molecule has 2 amide bonds. The van der Waals surface area contributed by atoms with Gasteiger partial charge in [0.25, 0.3) is 5.91 Å². The minimum Gasteiger partial charge on any atom is -0.480 e. The highest BCUT2D eigenvalue weighted by Crippen LogP contribution is 2.33. The Bertz CT molecular complexity index is 753. The van der Waals surface area contributed by atoms with E-state index < -0.39 is 12.1 Å². The van der Waals surface area contributed by atoms with Crippen molar-refractivity contribution < 1.29 is 24.2 Å². The first kappa shape index (κ1) is 20.1. The van der Waals surface area contributed by atoms with Crippen LogP contribution in [0.4, 0.5) is 5.69 Å². The van der Waals surface area contributed by atoms with Crippen LogP contribution in [0, 0.1) is 0 Å². The molecule has 152 valence electrons. The predicted molar refractivity (Wildman–Crippen MR) is 103 cm³/mol. The number of carboxylic acids is 1. The normalized spacial score (nSPS) is 22.5. The molecule has 0 aliphatic carbocycles. The van der Waals surface area contributed by atoms with Gasteiger partial charge in [-0.25, -0.2) is 0 Å². The first-order valence-electron chi connectivity index (χ1n) is 9.63. The van der Waals surface area contributed by atoms with Crippen molar-refractivity contribution in [2.75, 3.05) is 38.1 Å². The topological polar surface area (TPSA) is 90.4 Å². The van der Waals surface area contributed by atoms with Gasteiger partial charge in [0.1, 0.15) is 12.3 Å². The van der Waals surface area contributed by atoms with Crippen molar-refractivity contribution >= 4 is 23.5 Å². The van der Waals surface area contributed by atoms with Gasteiger partial charge >= 0.3 is 5.97 Å². The number of nitrogens with zero attached hydrogens (tertiary/aromatic N) is 3. The van der Waals surface area contributed by atoms with Gasteiger partial charge in [0.05, 0.1) is 12.2 Å². The van der Waals surface area contributed by atoms with E-state index in [0.717, 1.165) is 19.3 Å². The van der Waals surface area contributed by atoms with E-state index in [-0.39, 0.29) is 30.9 Å². The van der Waals surface area contributed by atoms with Gasteiger partial charge < -0.3 is 14.7 Å². The number of carbonyl (C=O) groups is 3. The maximum absolute atomic E-state index is 12.9. The lowest BCUT2D eigenvalue weighted by Crippen LogP contribution is -2.49. The fourth-order valence-electron chi connectivity index (χ4n) is 3.87. The van der Waals surface area contributed by atoms with E-state index in [1.807, 2.05) is 17.0 Å². The molecule has 2 atom stereocenters. The number of carbonyl (C=O) groups excluding carboxylic acids is 2. The lowest BCUT2D eigenvalue weighted by molar-refractivity contribution is -0.138. The highest BCUT2D eigenvalue weighted by atomic mass is 16.5. The molecule has 0 saturated carbocycles. The molecule has 1 aromatic rings. The second-order valence-electron chi connectivity index (χ2n) is 7.43. The molecular formula is C20H27N3O5. The number of anilines is 1. The van der Waals surface area contributed by atoms with E-state index in [9.17, 15) is 14.4 Å². The fourth-order valence-corrected chi connectivity index (χ4v) is 3.87. The molecule has 1 fully saturated rings. The Kier molecular flexibility index (Phi) is 6.18. The molecule has 1 aromatic carbocycles. The average molecular weight is 389 g/mol. The van der Waals surface area contributed by atoms with Gasteiger partial charge in [-0.1, -0.05) is 12.1 Å². The summed E-state index contributed by atoms with van der Waals surface area (Å²) in [5, 5.41) is 8.98. The largest absolute Gasteiger partial charge is 0.480 e. The zero-order valence-electron chi connectivity index (χ0n) is 16.3. The van der Waals surface area contributed by atoms with Gasteiger partial charge in [0, 0.05) is 19.1 Å². The smallest absolute Gasteiger partial charge is 0.317 e. The van der Waals surface area contributed by atoms with Crippen LogP contribution in [0.15, 0.2) is 24.3 Å². The number of benzene rings is 1. The van der Waals surface area contributed by atoms with Crippen LogP contribution in [0.1, 0.15) is 26.2 Å². The summed E-state index contributed by atoms with van der Waals surface area (Å²) in [5.41, 5.74) is 0.618. The Labute approximate surface area is 164 Å². The van der Waals surface area contributed by atoms with E-state index in [0.29, 0.717) is 24.5 Å². The minimum absolute atomic E-state index is 0.00440. The van der Waals surface area contributed by atoms with Crippen LogP contribution in [0.5, 0.6) is 5.75 Å². The molecule has 1 saturated heterocycles. The van der Waals surface area contributed by atoms with Crippen molar-refractivity contribution in [3.8, 4) is 5.75 Å². The third-order valence-electron chi connectivity index (χ3n) is 5.43. The molecule has 2 aliphatic heterocycles. The molecule has 2 aliphatic rings. The van der Waals surface area contributed by atoms with Crippen molar-refractivity contribution in [2.24, 2.45) is 0 Å². The van der Waals surface area contributed by atoms with Crippen LogP contribution in [0.3, 0.4) is 0 Å². The number of hydrogen-bond acceptors (Lipinski definition) is 5. The summed E-state index contributed by atoms with van der Waals surface area (Å²) in [6, 6.07) is 7.37. The van der Waals surface area contributed by atoms with Crippen molar-refractivity contribution in [3.05, 3.63) is 24.3 Å². The quantitative estimate of drug-likeness (QED) is 0.814. The zero-order valence-corrected chi connectivity index (χ0v) is 16.3. The maximum Gasteiger partial charge on any atom is 0.317 e. The summed E-state index contributed by atoms with van der Waals surface area (Å²) in [6.45, 7) is 2.84. The standard InChI is InChI=1S/C20H27N3O5/c1-14-20(27)23(16-7-3-4-8-17(16)28-14)12-18(24)22-10-5-6-15(9-11-22)21(2)13-19(25)26/h3-4,7-8,14-15H,5-6,9-13H2,1-2H3,(H,25,26). The highest BCUT2D eigenvalue weighted by Gasteiger charge is 2.34. The predicted octanol–water partition coefficient (Wildman–Crippen LogP) is 1.20. The fraction of sp³-hybridized carbons (Fsp3) is 0.550. The van der Waals surface area contributed by atoms with E-state index in [2.05, 4.69) is 0 Å². The number of fused-ring (bicyclic) bond motifs is 1. The van der Waals surface area contributed by atoms with E-state index in [1.54, 1.807) is 31.0 Å². The number of rotatable bonds is 5. The summed E-state index contributed by atoms with van der Waals surface area (Å²) in [7, 11) is 1.81. The lowest BCUT2D eigenvalue weighted by Gasteiger charge is -2.34. The van der Waals surface area contributed by atoms with E-state index >= 15 is 0 Å². The van der Waals surface area contributed by atoms with Gasteiger partial charge in [0.15, 0.2) is 6.10 Å². The number of aliphatic carboxylic acids is 1. The lowest BCUT2D eigenvalue weighted by atomic mass is 10.1. The Morgan fingerprint density at radius 2 is 2.00 bits per heavy atom. The molecule has 2 heterocycles. The number of amides is 2. The monoisotopic (exact) mass is 389 g/mol. The van der Waals surface area contributed by atoms with E-state index in [1.165, 1.54) is 4.90 Å². The number of carboxylic acid groups (broad SMARTS) is 1. The van der Waals surface area contributed by atoms with Gasteiger partial charge in [-0.2, -0.15) is 0 Å². The van der Waals surface area contributed by atoms with Crippen molar-refractivity contribution in [2.45, 2.75) is 38.3 Å². The Morgan fingerprint density at radius 1 is 1.25 bits per heavy atom.